The van der Waals surface area contributed by atoms with Crippen molar-refractivity contribution in [2.45, 2.75) is 12.8 Å². The highest BCUT2D eigenvalue weighted by atomic mass is 19.1. The van der Waals surface area contributed by atoms with Crippen molar-refractivity contribution in [1.82, 2.24) is 4.57 Å². The van der Waals surface area contributed by atoms with E-state index in [0.29, 0.717) is 35.8 Å². The summed E-state index contributed by atoms with van der Waals surface area (Å²) in [5.74, 6) is -0.0975. The van der Waals surface area contributed by atoms with Crippen molar-refractivity contribution in [3.63, 3.8) is 0 Å². The number of nitrogens with one attached hydrogen (secondary N) is 1. The molecule has 2 heterocycles. The van der Waals surface area contributed by atoms with Gasteiger partial charge >= 0.3 is 0 Å². The van der Waals surface area contributed by atoms with Crippen LogP contribution in [0.1, 0.15) is 23.3 Å². The number of carbonyl (C=O) groups is 2. The summed E-state index contributed by atoms with van der Waals surface area (Å²) in [6.07, 6.45) is 1.21. The molecule has 1 aromatic heterocycles. The summed E-state index contributed by atoms with van der Waals surface area (Å²) < 4.78 is 20.3. The molecule has 0 spiro atoms. The minimum atomic E-state index is -0.377. The first-order valence-electron chi connectivity index (χ1n) is 9.03. The molecule has 1 N–H and O–H groups in total. The molecule has 0 radical (unpaired) electrons. The minimum Gasteiger partial charge on any atom is -0.497 e. The maximum Gasteiger partial charge on any atom is 0.274 e. The number of rotatable bonds is 4. The second kappa shape index (κ2) is 6.99. The molecular weight excluding hydrogens is 361 g/mol. The van der Waals surface area contributed by atoms with Gasteiger partial charge in [0.2, 0.25) is 5.91 Å². The lowest BCUT2D eigenvalue weighted by Crippen LogP contribution is -2.27. The molecule has 1 aliphatic rings. The van der Waals surface area contributed by atoms with Gasteiger partial charge in [0.1, 0.15) is 17.3 Å². The van der Waals surface area contributed by atoms with E-state index in [1.807, 2.05) is 18.2 Å². The third kappa shape index (κ3) is 2.98. The topological polar surface area (TPSA) is 63.6 Å². The number of fused-ring (bicyclic) bond motifs is 1. The van der Waals surface area contributed by atoms with E-state index in [1.54, 1.807) is 23.6 Å². The van der Waals surface area contributed by atoms with Crippen LogP contribution in [0, 0.1) is 5.82 Å². The molecule has 28 heavy (non-hydrogen) atoms. The minimum absolute atomic E-state index is 0.00819. The van der Waals surface area contributed by atoms with Crippen LogP contribution in [-0.4, -0.2) is 30.0 Å². The predicted molar refractivity (Wildman–Crippen MR) is 105 cm³/mol. The van der Waals surface area contributed by atoms with Crippen molar-refractivity contribution in [3.05, 3.63) is 54.0 Å². The molecule has 0 atom stereocenters. The van der Waals surface area contributed by atoms with Crippen LogP contribution >= 0.6 is 0 Å². The predicted octanol–water partition coefficient (Wildman–Crippen LogP) is 3.71. The second-order valence-electron chi connectivity index (χ2n) is 6.75. The van der Waals surface area contributed by atoms with Gasteiger partial charge in [-0.25, -0.2) is 4.39 Å². The van der Waals surface area contributed by atoms with Gasteiger partial charge < -0.3 is 19.5 Å². The first-order chi connectivity index (χ1) is 13.5. The summed E-state index contributed by atoms with van der Waals surface area (Å²) in [7, 11) is 3.37. The van der Waals surface area contributed by atoms with E-state index in [4.69, 9.17) is 4.74 Å². The van der Waals surface area contributed by atoms with Crippen LogP contribution in [0.15, 0.2) is 42.5 Å². The van der Waals surface area contributed by atoms with Crippen LogP contribution in [0.5, 0.6) is 5.75 Å². The van der Waals surface area contributed by atoms with Gasteiger partial charge in [0.25, 0.3) is 5.91 Å². The van der Waals surface area contributed by atoms with Crippen LogP contribution in [0.4, 0.5) is 15.8 Å². The Labute approximate surface area is 161 Å². The largest absolute Gasteiger partial charge is 0.497 e. The zero-order valence-corrected chi connectivity index (χ0v) is 15.7. The summed E-state index contributed by atoms with van der Waals surface area (Å²) in [6, 6.07) is 11.1. The van der Waals surface area contributed by atoms with Crippen LogP contribution in [-0.2, 0) is 11.8 Å². The third-order valence-corrected chi connectivity index (χ3v) is 5.04. The fourth-order valence-electron chi connectivity index (χ4n) is 3.67. The lowest BCUT2D eigenvalue weighted by molar-refractivity contribution is -0.117. The lowest BCUT2D eigenvalue weighted by atomic mass is 10.2. The molecule has 2 aromatic carbocycles. The average Bonchev–Trinajstić information content (AvgIpc) is 3.23. The number of ether oxygens (including phenoxy) is 1. The molecular formula is C21H20FN3O3. The summed E-state index contributed by atoms with van der Waals surface area (Å²) in [6.45, 7) is 0.561. The Kier molecular flexibility index (Phi) is 4.50. The van der Waals surface area contributed by atoms with Gasteiger partial charge in [0.05, 0.1) is 18.3 Å². The Balaban J connectivity index is 1.86. The summed E-state index contributed by atoms with van der Waals surface area (Å²) in [5.41, 5.74) is 2.26. The van der Waals surface area contributed by atoms with E-state index in [1.165, 1.54) is 24.3 Å². The number of nitrogens with zero attached hydrogens (tertiary/aromatic N) is 2. The van der Waals surface area contributed by atoms with Crippen LogP contribution < -0.4 is 15.0 Å². The molecule has 0 saturated carbocycles. The summed E-state index contributed by atoms with van der Waals surface area (Å²) >= 11 is 0. The summed E-state index contributed by atoms with van der Waals surface area (Å²) in [5, 5.41) is 3.58. The number of aromatic nitrogens is 1. The highest BCUT2D eigenvalue weighted by Crippen LogP contribution is 2.38. The standard InChI is InChI=1S/C21H20FN3O3/c1-24-17-10-9-15(28-2)12-16(17)19(25-11-3-4-18(25)26)20(24)21(27)23-14-7-5-13(22)6-8-14/h5-10,12H,3-4,11H2,1-2H3,(H,23,27). The van der Waals surface area contributed by atoms with Crippen molar-refractivity contribution in [2.75, 3.05) is 23.9 Å². The number of hydrogen-bond donors (Lipinski definition) is 1. The van der Waals surface area contributed by atoms with E-state index >= 15 is 0 Å². The lowest BCUT2D eigenvalue weighted by Gasteiger charge is -2.18. The number of anilines is 2. The quantitative estimate of drug-likeness (QED) is 0.749. The van der Waals surface area contributed by atoms with Crippen molar-refractivity contribution >= 4 is 34.1 Å². The Morgan fingerprint density at radius 3 is 2.57 bits per heavy atom. The Bertz CT molecular complexity index is 1070. The van der Waals surface area contributed by atoms with Gasteiger partial charge in [-0.05, 0) is 48.9 Å². The Morgan fingerprint density at radius 2 is 1.93 bits per heavy atom. The highest BCUT2D eigenvalue weighted by molar-refractivity contribution is 6.17. The van der Waals surface area contributed by atoms with Crippen molar-refractivity contribution in [3.8, 4) is 5.75 Å². The van der Waals surface area contributed by atoms with E-state index < -0.39 is 0 Å². The molecule has 0 unspecified atom stereocenters. The SMILES string of the molecule is COc1ccc2c(c1)c(N1CCCC1=O)c(C(=O)Nc1ccc(F)cc1)n2C. The fraction of sp³-hybridized carbons (Fsp3) is 0.238. The van der Waals surface area contributed by atoms with Crippen molar-refractivity contribution in [2.24, 2.45) is 7.05 Å². The van der Waals surface area contributed by atoms with Crippen LogP contribution in [0.25, 0.3) is 10.9 Å². The molecule has 1 saturated heterocycles. The Morgan fingerprint density at radius 1 is 1.18 bits per heavy atom. The third-order valence-electron chi connectivity index (χ3n) is 5.04. The number of amides is 2. The van der Waals surface area contributed by atoms with Gasteiger partial charge in [-0.1, -0.05) is 0 Å². The number of benzene rings is 2. The number of carbonyl (C=O) groups excluding carboxylic acids is 2. The maximum atomic E-state index is 13.2. The smallest absolute Gasteiger partial charge is 0.274 e. The monoisotopic (exact) mass is 381 g/mol. The number of hydrogen-bond acceptors (Lipinski definition) is 3. The number of aryl methyl sites for hydroxylation is 1. The molecule has 3 aromatic rings. The van der Waals surface area contributed by atoms with Crippen LogP contribution in [0.2, 0.25) is 0 Å². The van der Waals surface area contributed by atoms with Gasteiger partial charge in [0, 0.05) is 31.1 Å². The van der Waals surface area contributed by atoms with E-state index in [-0.39, 0.29) is 17.6 Å². The zero-order chi connectivity index (χ0) is 19.8. The zero-order valence-electron chi connectivity index (χ0n) is 15.7. The molecule has 6 nitrogen and oxygen atoms in total. The van der Waals surface area contributed by atoms with Gasteiger partial charge in [-0.3, -0.25) is 9.59 Å². The molecule has 144 valence electrons. The molecule has 0 aliphatic carbocycles. The highest BCUT2D eigenvalue weighted by Gasteiger charge is 2.31. The molecule has 7 heteroatoms. The van der Waals surface area contributed by atoms with Crippen LogP contribution in [0.3, 0.4) is 0 Å². The molecule has 1 aliphatic heterocycles. The number of methoxy groups -OCH3 is 1. The molecule has 1 fully saturated rings. The normalized spacial score (nSPS) is 14.0. The van der Waals surface area contributed by atoms with Gasteiger partial charge in [-0.2, -0.15) is 0 Å². The first kappa shape index (κ1) is 18.0. The average molecular weight is 381 g/mol. The van der Waals surface area contributed by atoms with Crippen molar-refractivity contribution in [1.29, 1.82) is 0 Å². The Hall–Kier alpha value is -3.35. The fourth-order valence-corrected chi connectivity index (χ4v) is 3.67. The first-order valence-corrected chi connectivity index (χ1v) is 9.03. The van der Waals surface area contributed by atoms with E-state index in [0.717, 1.165) is 17.3 Å². The second-order valence-corrected chi connectivity index (χ2v) is 6.75. The molecule has 4 rings (SSSR count). The summed E-state index contributed by atoms with van der Waals surface area (Å²) in [4.78, 5) is 27.3. The van der Waals surface area contributed by atoms with E-state index in [2.05, 4.69) is 5.32 Å². The van der Waals surface area contributed by atoms with Gasteiger partial charge in [-0.15, -0.1) is 0 Å². The van der Waals surface area contributed by atoms with E-state index in [9.17, 15) is 14.0 Å². The van der Waals surface area contributed by atoms with Crippen molar-refractivity contribution < 1.29 is 18.7 Å². The maximum absolute atomic E-state index is 13.2. The molecule has 2 amide bonds. The number of halogens is 1. The van der Waals surface area contributed by atoms with Gasteiger partial charge in [0.15, 0.2) is 0 Å². The molecule has 0 bridgehead atoms.